The molecule has 0 saturated heterocycles. The molecule has 1 rings (SSSR count). The number of ether oxygens (including phenoxy) is 1. The Kier molecular flexibility index (Phi) is 7.68. The van der Waals surface area contributed by atoms with Gasteiger partial charge in [-0.3, -0.25) is 4.79 Å². The van der Waals surface area contributed by atoms with Gasteiger partial charge in [-0.15, -0.1) is 5.10 Å². The number of hydrogen-bond acceptors (Lipinski definition) is 4. The summed E-state index contributed by atoms with van der Waals surface area (Å²) in [5.74, 6) is 1.14. The second kappa shape index (κ2) is 9.01. The molecule has 0 aliphatic heterocycles. The second-order valence-electron chi connectivity index (χ2n) is 6.86. The van der Waals surface area contributed by atoms with Crippen LogP contribution in [0.15, 0.2) is 6.20 Å². The van der Waals surface area contributed by atoms with Crippen LogP contribution in [0.1, 0.15) is 53.7 Å². The molecule has 132 valence electrons. The summed E-state index contributed by atoms with van der Waals surface area (Å²) in [7, 11) is 0. The maximum atomic E-state index is 10.7. The first kappa shape index (κ1) is 19.6. The van der Waals surface area contributed by atoms with Crippen LogP contribution >= 0.6 is 0 Å². The molecule has 2 unspecified atom stereocenters. The van der Waals surface area contributed by atoms with E-state index in [4.69, 9.17) is 4.74 Å². The molecule has 1 amide bonds. The Labute approximate surface area is 140 Å². The third-order valence-corrected chi connectivity index (χ3v) is 4.92. The normalized spacial score (nSPS) is 14.5. The Morgan fingerprint density at radius 3 is 2.70 bits per heavy atom. The summed E-state index contributed by atoms with van der Waals surface area (Å²) < 4.78 is 7.31. The van der Waals surface area contributed by atoms with Crippen LogP contribution in [0.3, 0.4) is 0 Å². The van der Waals surface area contributed by atoms with Crippen molar-refractivity contribution in [1.82, 2.24) is 20.3 Å². The topological polar surface area (TPSA) is 69.0 Å². The number of hydrogen-bond donors (Lipinski definition) is 1. The van der Waals surface area contributed by atoms with Crippen molar-refractivity contribution < 1.29 is 9.53 Å². The standard InChI is InChI=1S/C17H32N4O2/c1-7-13(2)14(3)17(5,6)16-12-21(20-19-16)9-11-23-10-8-18-15(4)22/h12-14H,7-11H2,1-6H3,(H,18,22). The third kappa shape index (κ3) is 5.94. The molecule has 1 N–H and O–H groups in total. The fourth-order valence-corrected chi connectivity index (χ4v) is 2.56. The van der Waals surface area contributed by atoms with Crippen LogP contribution in [0.2, 0.25) is 0 Å². The zero-order chi connectivity index (χ0) is 17.5. The lowest BCUT2D eigenvalue weighted by Crippen LogP contribution is -2.31. The van der Waals surface area contributed by atoms with Crippen molar-refractivity contribution in [2.75, 3.05) is 19.8 Å². The van der Waals surface area contributed by atoms with Crippen LogP contribution in [-0.4, -0.2) is 40.7 Å². The van der Waals surface area contributed by atoms with E-state index in [0.717, 1.165) is 5.69 Å². The summed E-state index contributed by atoms with van der Waals surface area (Å²) in [5, 5.41) is 11.3. The Hall–Kier alpha value is -1.43. The Bertz CT molecular complexity index is 485. The number of aromatic nitrogens is 3. The van der Waals surface area contributed by atoms with Crippen LogP contribution in [-0.2, 0) is 21.5 Å². The van der Waals surface area contributed by atoms with E-state index in [1.165, 1.54) is 13.3 Å². The van der Waals surface area contributed by atoms with Gasteiger partial charge in [-0.25, -0.2) is 4.68 Å². The van der Waals surface area contributed by atoms with E-state index < -0.39 is 0 Å². The summed E-state index contributed by atoms with van der Waals surface area (Å²) in [6.07, 6.45) is 3.19. The lowest BCUT2D eigenvalue weighted by molar-refractivity contribution is -0.119. The molecule has 1 aromatic heterocycles. The van der Waals surface area contributed by atoms with Crippen molar-refractivity contribution in [1.29, 1.82) is 0 Å². The van der Waals surface area contributed by atoms with Gasteiger partial charge in [0.15, 0.2) is 0 Å². The molecule has 0 bridgehead atoms. The molecule has 0 aromatic carbocycles. The average Bonchev–Trinajstić information content (AvgIpc) is 2.98. The highest BCUT2D eigenvalue weighted by Crippen LogP contribution is 2.35. The molecule has 2 atom stereocenters. The van der Waals surface area contributed by atoms with Gasteiger partial charge in [0.1, 0.15) is 0 Å². The zero-order valence-electron chi connectivity index (χ0n) is 15.4. The maximum absolute atomic E-state index is 10.7. The summed E-state index contributed by atoms with van der Waals surface area (Å²) in [6.45, 7) is 15.1. The zero-order valence-corrected chi connectivity index (χ0v) is 15.4. The van der Waals surface area contributed by atoms with E-state index >= 15 is 0 Å². The molecule has 0 fully saturated rings. The van der Waals surface area contributed by atoms with Gasteiger partial charge in [-0.2, -0.15) is 0 Å². The molecule has 0 aliphatic carbocycles. The third-order valence-electron chi connectivity index (χ3n) is 4.92. The van der Waals surface area contributed by atoms with Gasteiger partial charge < -0.3 is 10.1 Å². The van der Waals surface area contributed by atoms with Crippen molar-refractivity contribution >= 4 is 5.91 Å². The van der Waals surface area contributed by atoms with Crippen molar-refractivity contribution in [3.63, 3.8) is 0 Å². The molecule has 0 radical (unpaired) electrons. The number of nitrogens with one attached hydrogen (secondary N) is 1. The van der Waals surface area contributed by atoms with Crippen LogP contribution in [0.25, 0.3) is 0 Å². The summed E-state index contributed by atoms with van der Waals surface area (Å²) in [4.78, 5) is 10.7. The van der Waals surface area contributed by atoms with E-state index in [1.54, 1.807) is 0 Å². The SMILES string of the molecule is CCC(C)C(C)C(C)(C)c1cn(CCOCCNC(C)=O)nn1. The van der Waals surface area contributed by atoms with E-state index in [0.29, 0.717) is 38.1 Å². The molecule has 6 nitrogen and oxygen atoms in total. The molecular weight excluding hydrogens is 292 g/mol. The molecular formula is C17H32N4O2. The highest BCUT2D eigenvalue weighted by molar-refractivity contribution is 5.72. The number of carbonyl (C=O) groups is 1. The van der Waals surface area contributed by atoms with Crippen LogP contribution in [0, 0.1) is 11.8 Å². The molecule has 0 spiro atoms. The van der Waals surface area contributed by atoms with E-state index in [-0.39, 0.29) is 11.3 Å². The first-order chi connectivity index (χ1) is 10.8. The molecule has 0 saturated carbocycles. The van der Waals surface area contributed by atoms with Crippen LogP contribution in [0.4, 0.5) is 0 Å². The Morgan fingerprint density at radius 2 is 2.09 bits per heavy atom. The molecule has 0 aliphatic rings. The number of amides is 1. The van der Waals surface area contributed by atoms with E-state index in [9.17, 15) is 4.79 Å². The first-order valence-electron chi connectivity index (χ1n) is 8.51. The number of carbonyl (C=O) groups excluding carboxylic acids is 1. The summed E-state index contributed by atoms with van der Waals surface area (Å²) in [6, 6.07) is 0. The minimum atomic E-state index is -0.0350. The van der Waals surface area contributed by atoms with Crippen LogP contribution in [0.5, 0.6) is 0 Å². The molecule has 6 heteroatoms. The van der Waals surface area contributed by atoms with Gasteiger partial charge in [-0.05, 0) is 11.8 Å². The van der Waals surface area contributed by atoms with Crippen molar-refractivity contribution in [3.05, 3.63) is 11.9 Å². The van der Waals surface area contributed by atoms with Gasteiger partial charge in [0, 0.05) is 25.1 Å². The predicted octanol–water partition coefficient (Wildman–Crippen LogP) is 2.39. The quantitative estimate of drug-likeness (QED) is 0.671. The highest BCUT2D eigenvalue weighted by atomic mass is 16.5. The minimum Gasteiger partial charge on any atom is -0.378 e. The second-order valence-corrected chi connectivity index (χ2v) is 6.86. The summed E-state index contributed by atoms with van der Waals surface area (Å²) in [5.41, 5.74) is 1.03. The van der Waals surface area contributed by atoms with E-state index in [1.807, 2.05) is 10.9 Å². The van der Waals surface area contributed by atoms with Crippen molar-refractivity contribution in [2.24, 2.45) is 11.8 Å². The van der Waals surface area contributed by atoms with Crippen molar-refractivity contribution in [2.45, 2.75) is 59.9 Å². The summed E-state index contributed by atoms with van der Waals surface area (Å²) >= 11 is 0. The monoisotopic (exact) mass is 324 g/mol. The Balaban J connectivity index is 2.46. The number of rotatable bonds is 10. The first-order valence-corrected chi connectivity index (χ1v) is 8.51. The maximum Gasteiger partial charge on any atom is 0.216 e. The average molecular weight is 324 g/mol. The van der Waals surface area contributed by atoms with Gasteiger partial charge >= 0.3 is 0 Å². The largest absolute Gasteiger partial charge is 0.378 e. The predicted molar refractivity (Wildman–Crippen MR) is 91.2 cm³/mol. The number of nitrogens with zero attached hydrogens (tertiary/aromatic N) is 3. The molecule has 1 aromatic rings. The van der Waals surface area contributed by atoms with Crippen molar-refractivity contribution in [3.8, 4) is 0 Å². The smallest absolute Gasteiger partial charge is 0.216 e. The minimum absolute atomic E-state index is 0.0000583. The van der Waals surface area contributed by atoms with Crippen LogP contribution < -0.4 is 5.32 Å². The fraction of sp³-hybridized carbons (Fsp3) is 0.824. The lowest BCUT2D eigenvalue weighted by Gasteiger charge is -2.33. The van der Waals surface area contributed by atoms with E-state index in [2.05, 4.69) is 50.2 Å². The highest BCUT2D eigenvalue weighted by Gasteiger charge is 2.33. The van der Waals surface area contributed by atoms with Gasteiger partial charge in [-0.1, -0.05) is 46.3 Å². The molecule has 1 heterocycles. The Morgan fingerprint density at radius 1 is 1.39 bits per heavy atom. The fourth-order valence-electron chi connectivity index (χ4n) is 2.56. The van der Waals surface area contributed by atoms with Gasteiger partial charge in [0.05, 0.1) is 25.5 Å². The van der Waals surface area contributed by atoms with Gasteiger partial charge in [0.25, 0.3) is 0 Å². The lowest BCUT2D eigenvalue weighted by atomic mass is 9.71. The van der Waals surface area contributed by atoms with Gasteiger partial charge in [0.2, 0.25) is 5.91 Å². The molecule has 23 heavy (non-hydrogen) atoms.